The van der Waals surface area contributed by atoms with Crippen molar-refractivity contribution in [1.29, 1.82) is 5.26 Å². The molecule has 0 unspecified atom stereocenters. The Morgan fingerprint density at radius 2 is 2.21 bits per heavy atom. The van der Waals surface area contributed by atoms with E-state index in [-0.39, 0.29) is 5.56 Å². The highest BCUT2D eigenvalue weighted by atomic mass is 32.2. The maximum Gasteiger partial charge on any atom is 0.345 e. The zero-order valence-corrected chi connectivity index (χ0v) is 8.13. The topological polar surface area (TPSA) is 127 Å². The molecule has 74 valence electrons. The van der Waals surface area contributed by atoms with Crippen LogP contribution in [0.5, 0.6) is 0 Å². The van der Waals surface area contributed by atoms with E-state index in [1.54, 1.807) is 0 Å². The van der Waals surface area contributed by atoms with Crippen LogP contribution in [0.3, 0.4) is 0 Å². The van der Waals surface area contributed by atoms with E-state index in [9.17, 15) is 18.5 Å². The first kappa shape index (κ1) is 10.6. The van der Waals surface area contributed by atoms with Gasteiger partial charge < -0.3 is 0 Å². The summed E-state index contributed by atoms with van der Waals surface area (Å²) < 4.78 is 21.9. The van der Waals surface area contributed by atoms with Crippen LogP contribution in [0, 0.1) is 21.4 Å². The Morgan fingerprint density at radius 3 is 2.57 bits per heavy atom. The van der Waals surface area contributed by atoms with Crippen molar-refractivity contribution >= 4 is 26.4 Å². The molecule has 0 aliphatic heterocycles. The lowest BCUT2D eigenvalue weighted by molar-refractivity contribution is -0.383. The first-order valence-electron chi connectivity index (χ1n) is 3.06. The fourth-order valence-corrected chi connectivity index (χ4v) is 2.81. The zero-order chi connectivity index (χ0) is 10.9. The molecule has 0 aliphatic carbocycles. The van der Waals surface area contributed by atoms with Crippen molar-refractivity contribution < 1.29 is 13.3 Å². The number of hydrogen-bond acceptors (Lipinski definition) is 6. The van der Waals surface area contributed by atoms with E-state index in [0.717, 1.165) is 5.38 Å². The van der Waals surface area contributed by atoms with Crippen LogP contribution in [0.25, 0.3) is 0 Å². The van der Waals surface area contributed by atoms with Crippen LogP contribution in [0.4, 0.5) is 5.00 Å². The lowest BCUT2D eigenvalue weighted by atomic mass is 10.4. The number of nitrogens with two attached hydrogens (primary N) is 1. The van der Waals surface area contributed by atoms with Gasteiger partial charge in [0.05, 0.1) is 10.5 Å². The van der Waals surface area contributed by atoms with Gasteiger partial charge in [-0.15, -0.1) is 0 Å². The largest absolute Gasteiger partial charge is 0.345 e. The van der Waals surface area contributed by atoms with Gasteiger partial charge in [0.2, 0.25) is 10.0 Å². The molecule has 1 heterocycles. The molecule has 2 N–H and O–H groups in total. The van der Waals surface area contributed by atoms with Gasteiger partial charge in [0, 0.05) is 5.38 Å². The number of sulfonamides is 1. The summed E-state index contributed by atoms with van der Waals surface area (Å²) >= 11 is 0.555. The van der Waals surface area contributed by atoms with Gasteiger partial charge >= 0.3 is 5.00 Å². The molecule has 0 bridgehead atoms. The molecule has 0 aromatic carbocycles. The summed E-state index contributed by atoms with van der Waals surface area (Å²) in [5, 5.41) is 24.1. The van der Waals surface area contributed by atoms with E-state index >= 15 is 0 Å². The molecule has 0 amide bonds. The van der Waals surface area contributed by atoms with Crippen LogP contribution >= 0.6 is 11.3 Å². The van der Waals surface area contributed by atoms with Gasteiger partial charge in [-0.2, -0.15) is 5.26 Å². The average Bonchev–Trinajstić information content (AvgIpc) is 2.45. The minimum atomic E-state index is -4.23. The van der Waals surface area contributed by atoms with Crippen LogP contribution in [0.2, 0.25) is 0 Å². The van der Waals surface area contributed by atoms with E-state index in [4.69, 9.17) is 10.4 Å². The molecular formula is C5H3N3O4S2. The monoisotopic (exact) mass is 233 g/mol. The Balaban J connectivity index is 3.61. The number of primary sulfonamides is 1. The first-order chi connectivity index (χ1) is 6.38. The molecule has 0 spiro atoms. The second kappa shape index (κ2) is 3.33. The minimum Gasteiger partial charge on any atom is -0.258 e. The summed E-state index contributed by atoms with van der Waals surface area (Å²) in [6.45, 7) is 0. The Morgan fingerprint density at radius 1 is 1.64 bits per heavy atom. The van der Waals surface area contributed by atoms with Crippen molar-refractivity contribution in [1.82, 2.24) is 0 Å². The van der Waals surface area contributed by atoms with Crippen molar-refractivity contribution in [2.24, 2.45) is 5.14 Å². The molecule has 0 aliphatic rings. The smallest absolute Gasteiger partial charge is 0.258 e. The Labute approximate surface area is 82.6 Å². The van der Waals surface area contributed by atoms with Gasteiger partial charge in [0.15, 0.2) is 4.90 Å². The van der Waals surface area contributed by atoms with Gasteiger partial charge in [0.25, 0.3) is 0 Å². The molecule has 0 saturated carbocycles. The van der Waals surface area contributed by atoms with Crippen LogP contribution in [0.1, 0.15) is 5.56 Å². The standard InChI is InChI=1S/C5H3N3O4S2/c6-1-3-2-13-5(8(9)10)4(3)14(7,11)12/h2H,(H2,7,11,12). The lowest BCUT2D eigenvalue weighted by Gasteiger charge is -1.93. The molecule has 1 rings (SSSR count). The normalized spacial score (nSPS) is 10.9. The summed E-state index contributed by atoms with van der Waals surface area (Å²) in [6.07, 6.45) is 0. The highest BCUT2D eigenvalue weighted by molar-refractivity contribution is 7.89. The average molecular weight is 233 g/mol. The Bertz CT molecular complexity index is 524. The van der Waals surface area contributed by atoms with Gasteiger partial charge in [-0.25, -0.2) is 13.6 Å². The molecule has 9 heteroatoms. The number of nitrogens with zero attached hydrogens (tertiary/aromatic N) is 2. The van der Waals surface area contributed by atoms with E-state index in [2.05, 4.69) is 0 Å². The second-order valence-electron chi connectivity index (χ2n) is 2.20. The number of rotatable bonds is 2. The molecule has 1 aromatic heterocycles. The van der Waals surface area contributed by atoms with Crippen LogP contribution in [0.15, 0.2) is 10.3 Å². The van der Waals surface area contributed by atoms with E-state index in [0.29, 0.717) is 11.3 Å². The number of hydrogen-bond donors (Lipinski definition) is 1. The van der Waals surface area contributed by atoms with Gasteiger partial charge in [0.1, 0.15) is 6.07 Å². The quantitative estimate of drug-likeness (QED) is 0.575. The predicted octanol–water partition coefficient (Wildman–Crippen LogP) is 0.175. The maximum absolute atomic E-state index is 10.9. The number of nitriles is 1. The van der Waals surface area contributed by atoms with Crippen molar-refractivity contribution in [3.63, 3.8) is 0 Å². The van der Waals surface area contributed by atoms with Gasteiger partial charge in [-0.05, 0) is 0 Å². The first-order valence-corrected chi connectivity index (χ1v) is 5.49. The van der Waals surface area contributed by atoms with Crippen molar-refractivity contribution in [3.05, 3.63) is 21.1 Å². The van der Waals surface area contributed by atoms with Crippen molar-refractivity contribution in [2.75, 3.05) is 0 Å². The predicted molar refractivity (Wildman–Crippen MR) is 47.1 cm³/mol. The summed E-state index contributed by atoms with van der Waals surface area (Å²) in [7, 11) is -4.23. The van der Waals surface area contributed by atoms with Crippen LogP contribution in [-0.4, -0.2) is 13.3 Å². The van der Waals surface area contributed by atoms with Gasteiger partial charge in [-0.1, -0.05) is 11.3 Å². The third kappa shape index (κ3) is 1.72. The SMILES string of the molecule is N#Cc1csc([N+](=O)[O-])c1S(N)(=O)=O. The Kier molecular flexibility index (Phi) is 2.52. The summed E-state index contributed by atoms with van der Waals surface area (Å²) in [5.41, 5.74) is -0.302. The maximum atomic E-state index is 10.9. The molecule has 0 radical (unpaired) electrons. The summed E-state index contributed by atoms with van der Waals surface area (Å²) in [5.74, 6) is 0. The third-order valence-electron chi connectivity index (χ3n) is 1.30. The number of nitro groups is 1. The van der Waals surface area contributed by atoms with Crippen molar-refractivity contribution in [3.8, 4) is 6.07 Å². The van der Waals surface area contributed by atoms with E-state index < -0.39 is 24.8 Å². The van der Waals surface area contributed by atoms with Crippen LogP contribution < -0.4 is 5.14 Å². The van der Waals surface area contributed by atoms with Crippen molar-refractivity contribution in [2.45, 2.75) is 4.90 Å². The highest BCUT2D eigenvalue weighted by Crippen LogP contribution is 2.32. The molecule has 14 heavy (non-hydrogen) atoms. The molecule has 0 fully saturated rings. The van der Waals surface area contributed by atoms with Crippen LogP contribution in [-0.2, 0) is 10.0 Å². The fraction of sp³-hybridized carbons (Fsp3) is 0. The Hall–Kier alpha value is -1.50. The summed E-state index contributed by atoms with van der Waals surface area (Å²) in [4.78, 5) is 8.79. The molecule has 0 saturated heterocycles. The number of thiophene rings is 1. The molecule has 0 atom stereocenters. The second-order valence-corrected chi connectivity index (χ2v) is 4.55. The lowest BCUT2D eigenvalue weighted by Crippen LogP contribution is -2.14. The zero-order valence-electron chi connectivity index (χ0n) is 6.50. The molecule has 7 nitrogen and oxygen atoms in total. The fourth-order valence-electron chi connectivity index (χ4n) is 0.815. The highest BCUT2D eigenvalue weighted by Gasteiger charge is 2.29. The molecular weight excluding hydrogens is 230 g/mol. The minimum absolute atomic E-state index is 0.302. The van der Waals surface area contributed by atoms with Gasteiger partial charge in [-0.3, -0.25) is 10.1 Å². The molecule has 1 aromatic rings. The third-order valence-corrected chi connectivity index (χ3v) is 3.34. The van der Waals surface area contributed by atoms with E-state index in [1.165, 1.54) is 6.07 Å². The van der Waals surface area contributed by atoms with E-state index in [1.807, 2.05) is 0 Å². The summed E-state index contributed by atoms with van der Waals surface area (Å²) in [6, 6.07) is 1.52.